The fourth-order valence-corrected chi connectivity index (χ4v) is 3.03. The number of pyridine rings is 1. The van der Waals surface area contributed by atoms with E-state index in [1.807, 2.05) is 24.3 Å². The van der Waals surface area contributed by atoms with Gasteiger partial charge in [0, 0.05) is 18.3 Å². The first-order chi connectivity index (χ1) is 10.7. The topological polar surface area (TPSA) is 53.4 Å². The molecule has 1 N–H and O–H groups in total. The second-order valence-corrected chi connectivity index (χ2v) is 5.79. The zero-order valence-corrected chi connectivity index (χ0v) is 12.8. The Morgan fingerprint density at radius 2 is 2.23 bits per heavy atom. The Morgan fingerprint density at radius 1 is 1.36 bits per heavy atom. The van der Waals surface area contributed by atoms with Crippen LogP contribution in [0.5, 0.6) is 0 Å². The number of hydrogen-bond donors (Lipinski definition) is 1. The van der Waals surface area contributed by atoms with Gasteiger partial charge in [-0.05, 0) is 37.1 Å². The van der Waals surface area contributed by atoms with Crippen LogP contribution in [0.3, 0.4) is 0 Å². The fraction of sp³-hybridized carbons (Fsp3) is 0.294. The van der Waals surface area contributed by atoms with E-state index in [9.17, 15) is 9.90 Å². The first kappa shape index (κ1) is 15.0. The Kier molecular flexibility index (Phi) is 4.41. The van der Waals surface area contributed by atoms with Crippen molar-refractivity contribution in [3.8, 4) is 11.3 Å². The van der Waals surface area contributed by atoms with E-state index >= 15 is 0 Å². The molecule has 1 atom stereocenters. The fourth-order valence-electron chi connectivity index (χ4n) is 2.83. The maximum absolute atomic E-state index is 12.7. The number of aliphatic hydroxyl groups is 1. The molecule has 1 fully saturated rings. The van der Waals surface area contributed by atoms with Crippen molar-refractivity contribution in [2.45, 2.75) is 18.9 Å². The molecule has 2 heterocycles. The van der Waals surface area contributed by atoms with Gasteiger partial charge in [0.05, 0.1) is 28.9 Å². The molecule has 1 aliphatic heterocycles. The molecule has 1 saturated heterocycles. The van der Waals surface area contributed by atoms with Crippen molar-refractivity contribution >= 4 is 17.5 Å². The van der Waals surface area contributed by atoms with Crippen LogP contribution >= 0.6 is 11.6 Å². The number of aliphatic hydroxyl groups excluding tert-OH is 1. The zero-order valence-electron chi connectivity index (χ0n) is 12.1. The van der Waals surface area contributed by atoms with Crippen LogP contribution in [0.1, 0.15) is 23.2 Å². The van der Waals surface area contributed by atoms with E-state index in [1.54, 1.807) is 23.2 Å². The summed E-state index contributed by atoms with van der Waals surface area (Å²) in [7, 11) is 0. The lowest BCUT2D eigenvalue weighted by atomic mass is 10.1. The predicted molar refractivity (Wildman–Crippen MR) is 85.8 cm³/mol. The van der Waals surface area contributed by atoms with Crippen LogP contribution in [0.25, 0.3) is 11.3 Å². The second-order valence-electron chi connectivity index (χ2n) is 5.39. The summed E-state index contributed by atoms with van der Waals surface area (Å²) in [6.45, 7) is 0.650. The van der Waals surface area contributed by atoms with Crippen LogP contribution in [0.15, 0.2) is 42.6 Å². The number of rotatable bonds is 3. The SMILES string of the molecule is O=C(c1cc(-c2ccccn2)ccc1Cl)N1CCCC1CO. The van der Waals surface area contributed by atoms with Gasteiger partial charge in [-0.3, -0.25) is 9.78 Å². The molecule has 1 aliphatic rings. The normalized spacial score (nSPS) is 17.7. The molecule has 1 unspecified atom stereocenters. The van der Waals surface area contributed by atoms with Crippen LogP contribution < -0.4 is 0 Å². The van der Waals surface area contributed by atoms with Crippen molar-refractivity contribution in [2.75, 3.05) is 13.2 Å². The smallest absolute Gasteiger partial charge is 0.255 e. The van der Waals surface area contributed by atoms with E-state index in [1.165, 1.54) is 0 Å². The van der Waals surface area contributed by atoms with Gasteiger partial charge in [0.2, 0.25) is 0 Å². The Morgan fingerprint density at radius 3 is 2.95 bits per heavy atom. The summed E-state index contributed by atoms with van der Waals surface area (Å²) in [5, 5.41) is 9.82. The number of halogens is 1. The van der Waals surface area contributed by atoms with Crippen LogP contribution in [0.2, 0.25) is 5.02 Å². The first-order valence-corrected chi connectivity index (χ1v) is 7.71. The molecule has 114 valence electrons. The standard InChI is InChI=1S/C17H17ClN2O2/c18-15-7-6-12(16-5-1-2-8-19-16)10-14(15)17(22)20-9-3-4-13(20)11-21/h1-2,5-8,10,13,21H,3-4,9,11H2. The zero-order chi connectivity index (χ0) is 15.5. The Labute approximate surface area is 134 Å². The van der Waals surface area contributed by atoms with E-state index in [4.69, 9.17) is 11.6 Å². The summed E-state index contributed by atoms with van der Waals surface area (Å²) in [4.78, 5) is 18.7. The third-order valence-electron chi connectivity index (χ3n) is 4.01. The average Bonchev–Trinajstić information content (AvgIpc) is 3.04. The van der Waals surface area contributed by atoms with Gasteiger partial charge in [-0.25, -0.2) is 0 Å². The lowest BCUT2D eigenvalue weighted by Gasteiger charge is -2.23. The predicted octanol–water partition coefficient (Wildman–Crippen LogP) is 3.00. The molecule has 0 saturated carbocycles. The largest absolute Gasteiger partial charge is 0.394 e. The lowest BCUT2D eigenvalue weighted by molar-refractivity contribution is 0.0678. The van der Waals surface area contributed by atoms with Gasteiger partial charge in [0.15, 0.2) is 0 Å². The maximum atomic E-state index is 12.7. The summed E-state index contributed by atoms with van der Waals surface area (Å²) in [5.74, 6) is -0.126. The van der Waals surface area contributed by atoms with Crippen molar-refractivity contribution in [3.63, 3.8) is 0 Å². The van der Waals surface area contributed by atoms with Crippen LogP contribution in [-0.4, -0.2) is 40.1 Å². The Bertz CT molecular complexity index is 676. The third kappa shape index (κ3) is 2.85. The molecular weight excluding hydrogens is 300 g/mol. The van der Waals surface area contributed by atoms with Crippen molar-refractivity contribution < 1.29 is 9.90 Å². The summed E-state index contributed by atoms with van der Waals surface area (Å²) < 4.78 is 0. The quantitative estimate of drug-likeness (QED) is 0.947. The Balaban J connectivity index is 1.95. The minimum absolute atomic E-state index is 0.0106. The molecule has 4 nitrogen and oxygen atoms in total. The molecule has 0 radical (unpaired) electrons. The number of aromatic nitrogens is 1. The van der Waals surface area contributed by atoms with Crippen LogP contribution in [0.4, 0.5) is 0 Å². The van der Waals surface area contributed by atoms with Crippen LogP contribution in [-0.2, 0) is 0 Å². The molecule has 1 aromatic carbocycles. The Hall–Kier alpha value is -1.91. The molecule has 2 aromatic rings. The number of carbonyl (C=O) groups excluding carboxylic acids is 1. The van der Waals surface area contributed by atoms with E-state index in [2.05, 4.69) is 4.98 Å². The minimum Gasteiger partial charge on any atom is -0.394 e. The van der Waals surface area contributed by atoms with Crippen LogP contribution in [0, 0.1) is 0 Å². The average molecular weight is 317 g/mol. The number of nitrogens with zero attached hydrogens (tertiary/aromatic N) is 2. The van der Waals surface area contributed by atoms with Gasteiger partial charge < -0.3 is 10.0 Å². The lowest BCUT2D eigenvalue weighted by Crippen LogP contribution is -2.37. The maximum Gasteiger partial charge on any atom is 0.255 e. The highest BCUT2D eigenvalue weighted by Crippen LogP contribution is 2.27. The number of hydrogen-bond acceptors (Lipinski definition) is 3. The van der Waals surface area contributed by atoms with Gasteiger partial charge in [-0.1, -0.05) is 23.7 Å². The summed E-state index contributed by atoms with van der Waals surface area (Å²) in [5.41, 5.74) is 2.12. The third-order valence-corrected chi connectivity index (χ3v) is 4.34. The molecule has 1 aromatic heterocycles. The highest BCUT2D eigenvalue weighted by molar-refractivity contribution is 6.34. The molecule has 0 spiro atoms. The van der Waals surface area contributed by atoms with Gasteiger partial charge >= 0.3 is 0 Å². The number of likely N-dealkylation sites (tertiary alicyclic amines) is 1. The second kappa shape index (κ2) is 6.46. The number of benzene rings is 1. The monoisotopic (exact) mass is 316 g/mol. The summed E-state index contributed by atoms with van der Waals surface area (Å²) >= 11 is 6.22. The summed E-state index contributed by atoms with van der Waals surface area (Å²) in [6, 6.07) is 10.9. The highest BCUT2D eigenvalue weighted by atomic mass is 35.5. The van der Waals surface area contributed by atoms with Crippen molar-refractivity contribution in [2.24, 2.45) is 0 Å². The molecule has 1 amide bonds. The van der Waals surface area contributed by atoms with Crippen molar-refractivity contribution in [1.29, 1.82) is 0 Å². The van der Waals surface area contributed by atoms with E-state index in [0.717, 1.165) is 24.1 Å². The molecule has 22 heavy (non-hydrogen) atoms. The van der Waals surface area contributed by atoms with Gasteiger partial charge in [-0.2, -0.15) is 0 Å². The van der Waals surface area contributed by atoms with Crippen molar-refractivity contribution in [1.82, 2.24) is 9.88 Å². The number of carbonyl (C=O) groups is 1. The van der Waals surface area contributed by atoms with E-state index in [-0.39, 0.29) is 18.6 Å². The molecule has 5 heteroatoms. The summed E-state index contributed by atoms with van der Waals surface area (Å²) in [6.07, 6.45) is 3.46. The molecule has 0 aliphatic carbocycles. The van der Waals surface area contributed by atoms with Gasteiger partial charge in [0.1, 0.15) is 0 Å². The first-order valence-electron chi connectivity index (χ1n) is 7.33. The molecule has 3 rings (SSSR count). The van der Waals surface area contributed by atoms with Crippen molar-refractivity contribution in [3.05, 3.63) is 53.2 Å². The van der Waals surface area contributed by atoms with Gasteiger partial charge in [0.25, 0.3) is 5.91 Å². The van der Waals surface area contributed by atoms with E-state index < -0.39 is 0 Å². The number of amides is 1. The van der Waals surface area contributed by atoms with Gasteiger partial charge in [-0.15, -0.1) is 0 Å². The molecule has 0 bridgehead atoms. The minimum atomic E-state index is -0.126. The van der Waals surface area contributed by atoms with E-state index in [0.29, 0.717) is 17.1 Å². The highest BCUT2D eigenvalue weighted by Gasteiger charge is 2.29. The molecular formula is C17H17ClN2O2.